The van der Waals surface area contributed by atoms with E-state index in [1.807, 2.05) is 0 Å². The van der Waals surface area contributed by atoms with Crippen LogP contribution in [0.1, 0.15) is 46.0 Å². The number of aliphatic hydroxyl groups is 1. The summed E-state index contributed by atoms with van der Waals surface area (Å²) in [5.41, 5.74) is 0. The van der Waals surface area contributed by atoms with Crippen molar-refractivity contribution in [2.75, 3.05) is 13.2 Å². The van der Waals surface area contributed by atoms with Crippen LogP contribution in [-0.4, -0.2) is 24.3 Å². The van der Waals surface area contributed by atoms with Crippen molar-refractivity contribution < 1.29 is 5.11 Å². The molecule has 1 aliphatic rings. The summed E-state index contributed by atoms with van der Waals surface area (Å²) in [6, 6.07) is 0.312. The van der Waals surface area contributed by atoms with Crippen LogP contribution in [0.4, 0.5) is 0 Å². The molecule has 0 radical (unpaired) electrons. The molecule has 3 atom stereocenters. The fourth-order valence-electron chi connectivity index (χ4n) is 2.42. The van der Waals surface area contributed by atoms with Crippen LogP contribution in [-0.2, 0) is 0 Å². The second kappa shape index (κ2) is 6.41. The second-order valence-electron chi connectivity index (χ2n) is 4.83. The van der Waals surface area contributed by atoms with E-state index in [0.717, 1.165) is 24.8 Å². The van der Waals surface area contributed by atoms with Crippen molar-refractivity contribution in [3.63, 3.8) is 0 Å². The zero-order chi connectivity index (χ0) is 10.4. The molecule has 0 saturated heterocycles. The van der Waals surface area contributed by atoms with Crippen molar-refractivity contribution in [3.05, 3.63) is 0 Å². The molecule has 14 heavy (non-hydrogen) atoms. The summed E-state index contributed by atoms with van der Waals surface area (Å²) in [5, 5.41) is 12.5. The maximum atomic E-state index is 9.04. The Kier molecular flexibility index (Phi) is 5.49. The molecule has 2 unspecified atom stereocenters. The zero-order valence-electron chi connectivity index (χ0n) is 9.63. The van der Waals surface area contributed by atoms with Crippen LogP contribution in [0.25, 0.3) is 0 Å². The van der Waals surface area contributed by atoms with E-state index in [1.165, 1.54) is 25.7 Å². The molecule has 0 spiro atoms. The molecule has 0 aromatic carbocycles. The Labute approximate surface area is 88.1 Å². The van der Waals surface area contributed by atoms with Crippen molar-refractivity contribution in [3.8, 4) is 0 Å². The number of hydrogen-bond acceptors (Lipinski definition) is 2. The lowest BCUT2D eigenvalue weighted by molar-refractivity contribution is 0.216. The first kappa shape index (κ1) is 12.0. The molecule has 1 aliphatic carbocycles. The van der Waals surface area contributed by atoms with Gasteiger partial charge in [-0.2, -0.15) is 0 Å². The summed E-state index contributed by atoms with van der Waals surface area (Å²) in [5.74, 6) is 1.75. The predicted octanol–water partition coefficient (Wildman–Crippen LogP) is 2.17. The number of aliphatic hydroxyl groups excluding tert-OH is 1. The van der Waals surface area contributed by atoms with E-state index < -0.39 is 0 Å². The van der Waals surface area contributed by atoms with Crippen LogP contribution in [0.3, 0.4) is 0 Å². The van der Waals surface area contributed by atoms with E-state index in [-0.39, 0.29) is 6.61 Å². The Morgan fingerprint density at radius 1 is 1.43 bits per heavy atom. The predicted molar refractivity (Wildman–Crippen MR) is 60.3 cm³/mol. The maximum Gasteiger partial charge on any atom is 0.0584 e. The topological polar surface area (TPSA) is 32.3 Å². The first-order valence-corrected chi connectivity index (χ1v) is 6.10. The third-order valence-corrected chi connectivity index (χ3v) is 3.45. The van der Waals surface area contributed by atoms with Gasteiger partial charge >= 0.3 is 0 Å². The molecule has 2 nitrogen and oxygen atoms in total. The summed E-state index contributed by atoms with van der Waals surface area (Å²) in [4.78, 5) is 0. The molecule has 84 valence electrons. The molecule has 1 saturated carbocycles. The third-order valence-electron chi connectivity index (χ3n) is 3.45. The Balaban J connectivity index is 2.16. The van der Waals surface area contributed by atoms with E-state index in [2.05, 4.69) is 19.2 Å². The normalized spacial score (nSPS) is 30.2. The van der Waals surface area contributed by atoms with Crippen LogP contribution < -0.4 is 5.32 Å². The van der Waals surface area contributed by atoms with Crippen LogP contribution in [0.15, 0.2) is 0 Å². The molecule has 2 N–H and O–H groups in total. The first-order chi connectivity index (χ1) is 6.76. The molecule has 0 heterocycles. The van der Waals surface area contributed by atoms with Gasteiger partial charge in [-0.15, -0.1) is 0 Å². The first-order valence-electron chi connectivity index (χ1n) is 6.10. The molecule has 1 rings (SSSR count). The van der Waals surface area contributed by atoms with Gasteiger partial charge in [0.2, 0.25) is 0 Å². The molecule has 0 amide bonds. The molecule has 0 bridgehead atoms. The summed E-state index contributed by atoms with van der Waals surface area (Å²) >= 11 is 0. The van der Waals surface area contributed by atoms with Crippen LogP contribution >= 0.6 is 0 Å². The Bertz CT molecular complexity index is 145. The lowest BCUT2D eigenvalue weighted by Gasteiger charge is -2.28. The van der Waals surface area contributed by atoms with Gasteiger partial charge in [0.15, 0.2) is 0 Å². The highest BCUT2D eigenvalue weighted by molar-refractivity contribution is 4.74. The molecular weight excluding hydrogens is 174 g/mol. The molecule has 1 fully saturated rings. The zero-order valence-corrected chi connectivity index (χ0v) is 9.63. The smallest absolute Gasteiger partial charge is 0.0584 e. The van der Waals surface area contributed by atoms with Crippen molar-refractivity contribution in [2.45, 2.75) is 52.0 Å². The van der Waals surface area contributed by atoms with Gasteiger partial charge in [-0.3, -0.25) is 0 Å². The summed E-state index contributed by atoms with van der Waals surface area (Å²) in [6.07, 6.45) is 6.57. The van der Waals surface area contributed by atoms with E-state index in [1.54, 1.807) is 0 Å². The fraction of sp³-hybridized carbons (Fsp3) is 1.00. The van der Waals surface area contributed by atoms with Crippen molar-refractivity contribution in [1.82, 2.24) is 5.32 Å². The number of nitrogens with one attached hydrogen (secondary N) is 1. The highest BCUT2D eigenvalue weighted by atomic mass is 16.3. The van der Waals surface area contributed by atoms with E-state index in [4.69, 9.17) is 5.11 Å². The second-order valence-corrected chi connectivity index (χ2v) is 4.83. The van der Waals surface area contributed by atoms with Gasteiger partial charge < -0.3 is 10.4 Å². The highest BCUT2D eigenvalue weighted by Crippen LogP contribution is 2.27. The van der Waals surface area contributed by atoms with Gasteiger partial charge in [0, 0.05) is 6.04 Å². The van der Waals surface area contributed by atoms with E-state index in [0.29, 0.717) is 6.04 Å². The highest BCUT2D eigenvalue weighted by Gasteiger charge is 2.19. The monoisotopic (exact) mass is 199 g/mol. The Hall–Kier alpha value is -0.0800. The van der Waals surface area contributed by atoms with Gasteiger partial charge in [0.05, 0.1) is 6.61 Å². The summed E-state index contributed by atoms with van der Waals surface area (Å²) < 4.78 is 0. The lowest BCUT2D eigenvalue weighted by atomic mass is 9.82. The van der Waals surface area contributed by atoms with Crippen molar-refractivity contribution in [1.29, 1.82) is 0 Å². The van der Waals surface area contributed by atoms with Crippen LogP contribution in [0, 0.1) is 11.8 Å². The minimum atomic E-state index is 0.277. The van der Waals surface area contributed by atoms with Crippen LogP contribution in [0.5, 0.6) is 0 Å². The quantitative estimate of drug-likeness (QED) is 0.711. The van der Waals surface area contributed by atoms with Crippen molar-refractivity contribution in [2.24, 2.45) is 11.8 Å². The minimum absolute atomic E-state index is 0.277. The minimum Gasteiger partial charge on any atom is -0.395 e. The standard InChI is InChI=1S/C12H25NO/c1-3-12(9-14)13-8-11-6-4-5-10(2)7-11/h10-14H,3-9H2,1-2H3/t10?,11?,12-/m0/s1. The van der Waals surface area contributed by atoms with Crippen LogP contribution in [0.2, 0.25) is 0 Å². The van der Waals surface area contributed by atoms with Gasteiger partial charge in [-0.25, -0.2) is 0 Å². The van der Waals surface area contributed by atoms with Gasteiger partial charge in [-0.05, 0) is 37.6 Å². The van der Waals surface area contributed by atoms with Gasteiger partial charge in [0.1, 0.15) is 0 Å². The van der Waals surface area contributed by atoms with Gasteiger partial charge in [-0.1, -0.05) is 26.7 Å². The molecule has 0 aromatic rings. The third kappa shape index (κ3) is 3.97. The Morgan fingerprint density at radius 3 is 2.79 bits per heavy atom. The fourth-order valence-corrected chi connectivity index (χ4v) is 2.42. The average Bonchev–Trinajstić information content (AvgIpc) is 2.19. The van der Waals surface area contributed by atoms with E-state index >= 15 is 0 Å². The summed E-state index contributed by atoms with van der Waals surface area (Å²) in [7, 11) is 0. The Morgan fingerprint density at radius 2 is 2.21 bits per heavy atom. The largest absolute Gasteiger partial charge is 0.395 e. The molecule has 0 aliphatic heterocycles. The lowest BCUT2D eigenvalue weighted by Crippen LogP contribution is -2.36. The summed E-state index contributed by atoms with van der Waals surface area (Å²) in [6.45, 7) is 5.86. The maximum absolute atomic E-state index is 9.04. The van der Waals surface area contributed by atoms with Gasteiger partial charge in [0.25, 0.3) is 0 Å². The number of hydrogen-bond donors (Lipinski definition) is 2. The van der Waals surface area contributed by atoms with E-state index in [9.17, 15) is 0 Å². The van der Waals surface area contributed by atoms with Crippen molar-refractivity contribution >= 4 is 0 Å². The molecule has 0 aromatic heterocycles. The average molecular weight is 199 g/mol. The SMILES string of the molecule is CC[C@@H](CO)NCC1CCCC(C)C1. The number of rotatable bonds is 5. The molecular formula is C12H25NO. The molecule has 2 heteroatoms.